The van der Waals surface area contributed by atoms with Gasteiger partial charge in [-0.3, -0.25) is 0 Å². The predicted octanol–water partition coefficient (Wildman–Crippen LogP) is 6.05. The van der Waals surface area contributed by atoms with Crippen LogP contribution in [0.2, 0.25) is 10.0 Å². The van der Waals surface area contributed by atoms with Crippen molar-refractivity contribution in [1.29, 1.82) is 0 Å². The standard InChI is InChI=1S/C19H23Cl2NO2/c1-14(2)24-17-7-5-6-16(13-17)22-10-3-4-11-23-19-9-8-15(20)12-18(19)21/h5-9,12-14,22H,3-4,10-11H2,1-2H3. The van der Waals surface area contributed by atoms with Crippen LogP contribution in [0.1, 0.15) is 26.7 Å². The summed E-state index contributed by atoms with van der Waals surface area (Å²) in [5.41, 5.74) is 1.06. The summed E-state index contributed by atoms with van der Waals surface area (Å²) in [6, 6.07) is 13.3. The fraction of sp³-hybridized carbons (Fsp3) is 0.368. The number of nitrogens with one attached hydrogen (secondary N) is 1. The van der Waals surface area contributed by atoms with Gasteiger partial charge in [0.15, 0.2) is 0 Å². The van der Waals surface area contributed by atoms with Crippen LogP contribution < -0.4 is 14.8 Å². The lowest BCUT2D eigenvalue weighted by molar-refractivity contribution is 0.242. The van der Waals surface area contributed by atoms with Gasteiger partial charge in [-0.05, 0) is 57.0 Å². The van der Waals surface area contributed by atoms with Crippen molar-refractivity contribution in [2.75, 3.05) is 18.5 Å². The second-order valence-electron chi connectivity index (χ2n) is 5.75. The second kappa shape index (κ2) is 9.65. The average molecular weight is 368 g/mol. The van der Waals surface area contributed by atoms with E-state index >= 15 is 0 Å². The fourth-order valence-corrected chi connectivity index (χ4v) is 2.65. The normalized spacial score (nSPS) is 10.7. The Kier molecular flexibility index (Phi) is 7.54. The van der Waals surface area contributed by atoms with Crippen molar-refractivity contribution < 1.29 is 9.47 Å². The highest BCUT2D eigenvalue weighted by atomic mass is 35.5. The Hall–Kier alpha value is -1.58. The van der Waals surface area contributed by atoms with Crippen LogP contribution in [0.3, 0.4) is 0 Å². The van der Waals surface area contributed by atoms with Crippen LogP contribution in [0.5, 0.6) is 11.5 Å². The van der Waals surface area contributed by atoms with Crippen LogP contribution in [-0.2, 0) is 0 Å². The summed E-state index contributed by atoms with van der Waals surface area (Å²) in [4.78, 5) is 0. The number of halogens is 2. The zero-order chi connectivity index (χ0) is 17.4. The number of rotatable bonds is 9. The highest BCUT2D eigenvalue weighted by Gasteiger charge is 2.02. The minimum Gasteiger partial charge on any atom is -0.492 e. The Morgan fingerprint density at radius 3 is 2.62 bits per heavy atom. The van der Waals surface area contributed by atoms with Crippen molar-refractivity contribution in [2.45, 2.75) is 32.8 Å². The van der Waals surface area contributed by atoms with Crippen LogP contribution in [0.25, 0.3) is 0 Å². The molecule has 2 aromatic carbocycles. The smallest absolute Gasteiger partial charge is 0.137 e. The van der Waals surface area contributed by atoms with Gasteiger partial charge >= 0.3 is 0 Å². The molecule has 0 bridgehead atoms. The van der Waals surface area contributed by atoms with Gasteiger partial charge in [-0.1, -0.05) is 29.3 Å². The zero-order valence-corrected chi connectivity index (χ0v) is 15.5. The molecule has 0 saturated carbocycles. The lowest BCUT2D eigenvalue weighted by Gasteiger charge is -2.12. The Bertz CT molecular complexity index is 647. The van der Waals surface area contributed by atoms with Gasteiger partial charge in [0.2, 0.25) is 0 Å². The molecule has 0 unspecified atom stereocenters. The van der Waals surface area contributed by atoms with Gasteiger partial charge in [-0.15, -0.1) is 0 Å². The second-order valence-corrected chi connectivity index (χ2v) is 6.60. The molecule has 0 saturated heterocycles. The largest absolute Gasteiger partial charge is 0.492 e. The monoisotopic (exact) mass is 367 g/mol. The molecule has 0 heterocycles. The van der Waals surface area contributed by atoms with Crippen molar-refractivity contribution in [2.24, 2.45) is 0 Å². The zero-order valence-electron chi connectivity index (χ0n) is 14.0. The van der Waals surface area contributed by atoms with E-state index < -0.39 is 0 Å². The van der Waals surface area contributed by atoms with Gasteiger partial charge in [0.25, 0.3) is 0 Å². The van der Waals surface area contributed by atoms with E-state index in [1.54, 1.807) is 18.2 Å². The van der Waals surface area contributed by atoms with Gasteiger partial charge in [0, 0.05) is 23.3 Å². The van der Waals surface area contributed by atoms with Gasteiger partial charge < -0.3 is 14.8 Å². The average Bonchev–Trinajstić information content (AvgIpc) is 2.52. The van der Waals surface area contributed by atoms with E-state index in [0.29, 0.717) is 22.4 Å². The minimum absolute atomic E-state index is 0.178. The molecule has 3 nitrogen and oxygen atoms in total. The van der Waals surface area contributed by atoms with E-state index in [9.17, 15) is 0 Å². The third-order valence-corrected chi connectivity index (χ3v) is 3.79. The van der Waals surface area contributed by atoms with Crippen molar-refractivity contribution in [3.8, 4) is 11.5 Å². The summed E-state index contributed by atoms with van der Waals surface area (Å²) in [5, 5.41) is 4.55. The molecule has 0 atom stereocenters. The Morgan fingerprint density at radius 1 is 1.04 bits per heavy atom. The van der Waals surface area contributed by atoms with Gasteiger partial charge in [0.05, 0.1) is 17.7 Å². The number of unbranched alkanes of at least 4 members (excludes halogenated alkanes) is 1. The van der Waals surface area contributed by atoms with E-state index in [1.165, 1.54) is 0 Å². The Morgan fingerprint density at radius 2 is 1.88 bits per heavy atom. The van der Waals surface area contributed by atoms with Crippen LogP contribution >= 0.6 is 23.2 Å². The molecule has 0 aromatic heterocycles. The molecule has 0 aliphatic rings. The molecule has 0 fully saturated rings. The first-order valence-corrected chi connectivity index (χ1v) is 8.88. The van der Waals surface area contributed by atoms with Crippen molar-refractivity contribution in [3.63, 3.8) is 0 Å². The van der Waals surface area contributed by atoms with Crippen LogP contribution in [0, 0.1) is 0 Å². The molecule has 0 aliphatic heterocycles. The number of ether oxygens (including phenoxy) is 2. The Labute approximate surface area is 153 Å². The number of anilines is 1. The number of hydrogen-bond donors (Lipinski definition) is 1. The van der Waals surface area contributed by atoms with Crippen molar-refractivity contribution in [1.82, 2.24) is 0 Å². The molecule has 0 radical (unpaired) electrons. The van der Waals surface area contributed by atoms with Crippen molar-refractivity contribution >= 4 is 28.9 Å². The molecule has 5 heteroatoms. The van der Waals surface area contributed by atoms with E-state index in [0.717, 1.165) is 30.8 Å². The molecule has 0 aliphatic carbocycles. The summed E-state index contributed by atoms with van der Waals surface area (Å²) in [5.74, 6) is 1.56. The third-order valence-electron chi connectivity index (χ3n) is 3.26. The number of hydrogen-bond acceptors (Lipinski definition) is 3. The lowest BCUT2D eigenvalue weighted by Crippen LogP contribution is -2.07. The molecule has 24 heavy (non-hydrogen) atoms. The highest BCUT2D eigenvalue weighted by molar-refractivity contribution is 6.35. The van der Waals surface area contributed by atoms with Crippen LogP contribution in [-0.4, -0.2) is 19.3 Å². The predicted molar refractivity (Wildman–Crippen MR) is 102 cm³/mol. The summed E-state index contributed by atoms with van der Waals surface area (Å²) in [6.45, 7) is 5.54. The highest BCUT2D eigenvalue weighted by Crippen LogP contribution is 2.27. The number of benzene rings is 2. The molecule has 0 spiro atoms. The van der Waals surface area contributed by atoms with E-state index in [2.05, 4.69) is 5.32 Å². The molecular weight excluding hydrogens is 345 g/mol. The first-order chi connectivity index (χ1) is 11.5. The maximum atomic E-state index is 6.07. The fourth-order valence-electron chi connectivity index (χ4n) is 2.19. The van der Waals surface area contributed by atoms with Gasteiger partial charge in [0.1, 0.15) is 11.5 Å². The van der Waals surface area contributed by atoms with E-state index in [1.807, 2.05) is 38.1 Å². The summed E-state index contributed by atoms with van der Waals surface area (Å²) in [7, 11) is 0. The van der Waals surface area contributed by atoms with E-state index in [-0.39, 0.29) is 6.10 Å². The molecule has 2 aromatic rings. The van der Waals surface area contributed by atoms with Crippen LogP contribution in [0.15, 0.2) is 42.5 Å². The molecular formula is C19H23Cl2NO2. The molecule has 1 N–H and O–H groups in total. The third kappa shape index (κ3) is 6.50. The SMILES string of the molecule is CC(C)Oc1cccc(NCCCCOc2ccc(Cl)cc2Cl)c1. The molecule has 2 rings (SSSR count). The molecule has 0 amide bonds. The van der Waals surface area contributed by atoms with Crippen molar-refractivity contribution in [3.05, 3.63) is 52.5 Å². The molecule has 130 valence electrons. The summed E-state index contributed by atoms with van der Waals surface area (Å²) >= 11 is 11.9. The van der Waals surface area contributed by atoms with Gasteiger partial charge in [-0.25, -0.2) is 0 Å². The quantitative estimate of drug-likeness (QED) is 0.547. The summed E-state index contributed by atoms with van der Waals surface area (Å²) in [6.07, 6.45) is 2.12. The lowest BCUT2D eigenvalue weighted by atomic mass is 10.2. The minimum atomic E-state index is 0.178. The first-order valence-electron chi connectivity index (χ1n) is 8.13. The van der Waals surface area contributed by atoms with E-state index in [4.69, 9.17) is 32.7 Å². The maximum absolute atomic E-state index is 6.07. The topological polar surface area (TPSA) is 30.5 Å². The first kappa shape index (κ1) is 18.8. The van der Waals surface area contributed by atoms with Gasteiger partial charge in [-0.2, -0.15) is 0 Å². The Balaban J connectivity index is 1.66. The van der Waals surface area contributed by atoms with Crippen LogP contribution in [0.4, 0.5) is 5.69 Å². The maximum Gasteiger partial charge on any atom is 0.137 e. The summed E-state index contributed by atoms with van der Waals surface area (Å²) < 4.78 is 11.4.